The second-order valence-corrected chi connectivity index (χ2v) is 6.44. The van der Waals surface area contributed by atoms with E-state index in [4.69, 9.17) is 14.2 Å². The minimum absolute atomic E-state index is 0.311. The van der Waals surface area contributed by atoms with Crippen LogP contribution in [0.1, 0.15) is 34.8 Å². The van der Waals surface area contributed by atoms with Crippen molar-refractivity contribution in [2.24, 2.45) is 0 Å². The van der Waals surface area contributed by atoms with Crippen LogP contribution >= 0.6 is 0 Å². The zero-order valence-electron chi connectivity index (χ0n) is 15.5. The molecule has 0 N–H and O–H groups in total. The molecule has 0 unspecified atom stereocenters. The van der Waals surface area contributed by atoms with E-state index >= 15 is 0 Å². The Bertz CT molecular complexity index is 757. The molecule has 0 saturated heterocycles. The van der Waals surface area contributed by atoms with Crippen molar-refractivity contribution in [3.8, 4) is 11.5 Å². The maximum absolute atomic E-state index is 11.8. The molecule has 1 aliphatic rings. The van der Waals surface area contributed by atoms with Gasteiger partial charge in [0.05, 0.1) is 19.8 Å². The van der Waals surface area contributed by atoms with Crippen molar-refractivity contribution in [3.05, 3.63) is 59.2 Å². The first-order valence-corrected chi connectivity index (χ1v) is 8.85. The fraction of sp³-hybridized carbons (Fsp3) is 0.381. The molecule has 0 saturated carbocycles. The summed E-state index contributed by atoms with van der Waals surface area (Å²) < 4.78 is 16.1. The molecular formula is C21H25NO4. The molecule has 0 amide bonds. The molecule has 5 heteroatoms. The average molecular weight is 355 g/mol. The maximum atomic E-state index is 11.8. The van der Waals surface area contributed by atoms with Gasteiger partial charge in [0.15, 0.2) is 0 Å². The summed E-state index contributed by atoms with van der Waals surface area (Å²) in [5.41, 5.74) is 2.84. The minimum Gasteiger partial charge on any atom is -0.497 e. The highest BCUT2D eigenvalue weighted by molar-refractivity contribution is 5.89. The van der Waals surface area contributed by atoms with E-state index in [2.05, 4.69) is 24.0 Å². The highest BCUT2D eigenvalue weighted by atomic mass is 16.5. The molecule has 1 atom stereocenters. The monoisotopic (exact) mass is 355 g/mol. The highest BCUT2D eigenvalue weighted by Crippen LogP contribution is 2.28. The average Bonchev–Trinajstić information content (AvgIpc) is 2.86. The van der Waals surface area contributed by atoms with Crippen LogP contribution < -0.4 is 9.47 Å². The number of hydrogen-bond acceptors (Lipinski definition) is 5. The smallest absolute Gasteiger partial charge is 0.337 e. The number of fused-ring (bicyclic) bond motifs is 1. The lowest BCUT2D eigenvalue weighted by Gasteiger charge is -2.28. The summed E-state index contributed by atoms with van der Waals surface area (Å²) in [5, 5.41) is 0. The van der Waals surface area contributed by atoms with Crippen molar-refractivity contribution in [3.63, 3.8) is 0 Å². The summed E-state index contributed by atoms with van der Waals surface area (Å²) in [4.78, 5) is 14.2. The number of methoxy groups -OCH3 is 2. The van der Waals surface area contributed by atoms with Crippen molar-refractivity contribution in [1.82, 2.24) is 4.90 Å². The molecule has 0 fully saturated rings. The third kappa shape index (κ3) is 3.99. The minimum atomic E-state index is -0.345. The Morgan fingerprint density at radius 2 is 1.96 bits per heavy atom. The van der Waals surface area contributed by atoms with E-state index in [0.29, 0.717) is 18.2 Å². The van der Waals surface area contributed by atoms with Crippen LogP contribution in [-0.2, 0) is 17.8 Å². The number of esters is 1. The summed E-state index contributed by atoms with van der Waals surface area (Å²) in [5.74, 6) is 1.28. The molecule has 1 aliphatic heterocycles. The van der Waals surface area contributed by atoms with Gasteiger partial charge in [0, 0.05) is 24.7 Å². The first-order valence-electron chi connectivity index (χ1n) is 8.85. The van der Waals surface area contributed by atoms with Crippen LogP contribution in [0.15, 0.2) is 42.5 Å². The van der Waals surface area contributed by atoms with Gasteiger partial charge in [-0.25, -0.2) is 4.79 Å². The number of nitrogens with zero attached hydrogens (tertiary/aromatic N) is 1. The first-order chi connectivity index (χ1) is 12.6. The molecule has 26 heavy (non-hydrogen) atoms. The van der Waals surface area contributed by atoms with Gasteiger partial charge in [0.2, 0.25) is 0 Å². The predicted octanol–water partition coefficient (Wildman–Crippen LogP) is 3.66. The fourth-order valence-corrected chi connectivity index (χ4v) is 3.23. The largest absolute Gasteiger partial charge is 0.497 e. The summed E-state index contributed by atoms with van der Waals surface area (Å²) in [7, 11) is 3.06. The second-order valence-electron chi connectivity index (χ2n) is 6.44. The third-order valence-corrected chi connectivity index (χ3v) is 4.83. The Morgan fingerprint density at radius 1 is 1.19 bits per heavy atom. The van der Waals surface area contributed by atoms with Crippen molar-refractivity contribution in [1.29, 1.82) is 0 Å². The van der Waals surface area contributed by atoms with Crippen LogP contribution in [0.2, 0.25) is 0 Å². The van der Waals surface area contributed by atoms with Gasteiger partial charge < -0.3 is 14.2 Å². The second kappa shape index (κ2) is 8.23. The number of benzene rings is 2. The summed E-state index contributed by atoms with van der Waals surface area (Å²) >= 11 is 0. The first kappa shape index (κ1) is 18.3. The van der Waals surface area contributed by atoms with Gasteiger partial charge >= 0.3 is 5.97 Å². The molecule has 0 radical (unpaired) electrons. The third-order valence-electron chi connectivity index (χ3n) is 4.83. The van der Waals surface area contributed by atoms with Crippen molar-refractivity contribution in [2.75, 3.05) is 20.8 Å². The Hall–Kier alpha value is -2.53. The van der Waals surface area contributed by atoms with Crippen LogP contribution in [0.3, 0.4) is 0 Å². The van der Waals surface area contributed by atoms with E-state index in [1.165, 1.54) is 12.7 Å². The van der Waals surface area contributed by atoms with Gasteiger partial charge in [-0.2, -0.15) is 0 Å². The SMILES string of the molecule is CC[C@H]1COc2cc(C(=O)OC)ccc2CN1Cc1ccc(OC)cc1. The number of ether oxygens (including phenoxy) is 3. The molecule has 0 aromatic heterocycles. The molecule has 3 rings (SSSR count). The van der Waals surface area contributed by atoms with Crippen molar-refractivity contribution < 1.29 is 19.0 Å². The molecular weight excluding hydrogens is 330 g/mol. The zero-order valence-corrected chi connectivity index (χ0v) is 15.5. The van der Waals surface area contributed by atoms with E-state index in [0.717, 1.165) is 36.6 Å². The quantitative estimate of drug-likeness (QED) is 0.766. The Kier molecular flexibility index (Phi) is 5.78. The van der Waals surface area contributed by atoms with E-state index < -0.39 is 0 Å². The lowest BCUT2D eigenvalue weighted by Crippen LogP contribution is -2.36. The number of carbonyl (C=O) groups is 1. The van der Waals surface area contributed by atoms with Gasteiger partial charge in [-0.05, 0) is 36.2 Å². The Balaban J connectivity index is 1.82. The van der Waals surface area contributed by atoms with Gasteiger partial charge in [-0.3, -0.25) is 4.90 Å². The van der Waals surface area contributed by atoms with Crippen molar-refractivity contribution >= 4 is 5.97 Å². The van der Waals surface area contributed by atoms with Crippen LogP contribution in [-0.4, -0.2) is 37.7 Å². The number of hydrogen-bond donors (Lipinski definition) is 0. The number of carbonyl (C=O) groups excluding carboxylic acids is 1. The molecule has 138 valence electrons. The van der Waals surface area contributed by atoms with Gasteiger partial charge in [-0.1, -0.05) is 25.1 Å². The molecule has 5 nitrogen and oxygen atoms in total. The topological polar surface area (TPSA) is 48.0 Å². The molecule has 0 aliphatic carbocycles. The van der Waals surface area contributed by atoms with E-state index in [9.17, 15) is 4.79 Å². The summed E-state index contributed by atoms with van der Waals surface area (Å²) in [6.07, 6.45) is 0.994. The van der Waals surface area contributed by atoms with Crippen molar-refractivity contribution in [2.45, 2.75) is 32.5 Å². The zero-order chi connectivity index (χ0) is 18.5. The fourth-order valence-electron chi connectivity index (χ4n) is 3.23. The van der Waals surface area contributed by atoms with Crippen LogP contribution in [0.5, 0.6) is 11.5 Å². The van der Waals surface area contributed by atoms with E-state index in [-0.39, 0.29) is 5.97 Å². The lowest BCUT2D eigenvalue weighted by atomic mass is 10.1. The standard InChI is InChI=1S/C21H25NO4/c1-4-18-14-26-20-11-16(21(23)25-3)7-8-17(20)13-22(18)12-15-5-9-19(24-2)10-6-15/h5-11,18H,4,12-14H2,1-3H3/t18-/m0/s1. The summed E-state index contributed by atoms with van der Waals surface area (Å²) in [6.45, 7) is 4.39. The van der Waals surface area contributed by atoms with Crippen LogP contribution in [0.25, 0.3) is 0 Å². The Morgan fingerprint density at radius 3 is 2.62 bits per heavy atom. The van der Waals surface area contributed by atoms with Gasteiger partial charge in [0.25, 0.3) is 0 Å². The number of rotatable bonds is 5. The van der Waals surface area contributed by atoms with Crippen LogP contribution in [0, 0.1) is 0 Å². The van der Waals surface area contributed by atoms with E-state index in [1.807, 2.05) is 18.2 Å². The maximum Gasteiger partial charge on any atom is 0.337 e. The molecule has 0 bridgehead atoms. The Labute approximate surface area is 154 Å². The van der Waals surface area contributed by atoms with Gasteiger partial charge in [0.1, 0.15) is 18.1 Å². The molecule has 2 aromatic carbocycles. The molecule has 0 spiro atoms. The van der Waals surface area contributed by atoms with Crippen LogP contribution in [0.4, 0.5) is 0 Å². The van der Waals surface area contributed by atoms with Gasteiger partial charge in [-0.15, -0.1) is 0 Å². The summed E-state index contributed by atoms with van der Waals surface area (Å²) in [6, 6.07) is 14.0. The predicted molar refractivity (Wildman–Crippen MR) is 99.6 cm³/mol. The van der Waals surface area contributed by atoms with E-state index in [1.54, 1.807) is 19.2 Å². The molecule has 1 heterocycles. The molecule has 2 aromatic rings. The highest BCUT2D eigenvalue weighted by Gasteiger charge is 2.24. The normalized spacial score (nSPS) is 17.0. The lowest BCUT2D eigenvalue weighted by molar-refractivity contribution is 0.0600.